The van der Waals surface area contributed by atoms with E-state index in [0.717, 1.165) is 0 Å². The van der Waals surface area contributed by atoms with Crippen LogP contribution in [0, 0.1) is 0 Å². The molecule has 1 saturated heterocycles. The molecule has 1 aliphatic heterocycles. The first-order valence-corrected chi connectivity index (χ1v) is 5.67. The van der Waals surface area contributed by atoms with E-state index in [0.29, 0.717) is 13.2 Å². The summed E-state index contributed by atoms with van der Waals surface area (Å²) in [7, 11) is 1.57. The Morgan fingerprint density at radius 1 is 1.58 bits per heavy atom. The summed E-state index contributed by atoms with van der Waals surface area (Å²) in [6.45, 7) is 0.898. The zero-order valence-corrected chi connectivity index (χ0v) is 10.3. The van der Waals surface area contributed by atoms with Crippen molar-refractivity contribution in [3.8, 4) is 0 Å². The van der Waals surface area contributed by atoms with Crippen LogP contribution in [0.3, 0.4) is 0 Å². The minimum Gasteiger partial charge on any atom is -0.481 e. The Balaban J connectivity index is 2.00. The molecule has 19 heavy (non-hydrogen) atoms. The quantitative estimate of drug-likeness (QED) is 0.716. The highest BCUT2D eigenvalue weighted by molar-refractivity contribution is 5.88. The number of carboxylic acid groups (broad SMARTS) is 1. The van der Waals surface area contributed by atoms with E-state index < -0.39 is 18.0 Å². The molecule has 0 saturated carbocycles. The average molecular weight is 270 g/mol. The first-order valence-electron chi connectivity index (χ1n) is 5.67. The summed E-state index contributed by atoms with van der Waals surface area (Å²) in [5.41, 5.74) is 0. The third kappa shape index (κ3) is 3.37. The normalized spacial score (nSPS) is 19.2. The average Bonchev–Trinajstić information content (AvgIpc) is 2.74. The van der Waals surface area contributed by atoms with Gasteiger partial charge in [0.2, 0.25) is 0 Å². The van der Waals surface area contributed by atoms with Crippen LogP contribution < -0.4 is 5.32 Å². The molecule has 0 aromatic carbocycles. The fraction of sp³-hybridized carbons (Fsp3) is 0.667. The second kappa shape index (κ2) is 5.61. The number of nitrogens with zero attached hydrogens (tertiary/aromatic N) is 5. The van der Waals surface area contributed by atoms with Crippen LogP contribution in [0.5, 0.6) is 0 Å². The molecule has 2 amide bonds. The van der Waals surface area contributed by atoms with E-state index in [-0.39, 0.29) is 19.0 Å². The zero-order chi connectivity index (χ0) is 13.8. The smallest absolute Gasteiger partial charge is 0.324 e. The van der Waals surface area contributed by atoms with Crippen molar-refractivity contribution >= 4 is 17.9 Å². The van der Waals surface area contributed by atoms with Gasteiger partial charge in [-0.15, -0.1) is 5.10 Å². The lowest BCUT2D eigenvalue weighted by molar-refractivity contribution is -0.139. The van der Waals surface area contributed by atoms with Crippen LogP contribution in [-0.2, 0) is 16.6 Å². The van der Waals surface area contributed by atoms with Crippen molar-refractivity contribution in [3.63, 3.8) is 0 Å². The van der Waals surface area contributed by atoms with Gasteiger partial charge in [-0.2, -0.15) is 4.80 Å². The Kier molecular flexibility index (Phi) is 3.90. The van der Waals surface area contributed by atoms with E-state index in [9.17, 15) is 9.59 Å². The Labute approximate surface area is 108 Å². The van der Waals surface area contributed by atoms with Crippen molar-refractivity contribution in [1.82, 2.24) is 25.1 Å². The third-order valence-corrected chi connectivity index (χ3v) is 2.63. The Bertz CT molecular complexity index is 475. The second-order valence-corrected chi connectivity index (χ2v) is 4.05. The fourth-order valence-electron chi connectivity index (χ4n) is 1.79. The summed E-state index contributed by atoms with van der Waals surface area (Å²) < 4.78 is 5.18. The Morgan fingerprint density at radius 2 is 2.37 bits per heavy atom. The maximum absolute atomic E-state index is 12.0. The summed E-state index contributed by atoms with van der Waals surface area (Å²) in [4.78, 5) is 25.4. The molecule has 0 aliphatic carbocycles. The summed E-state index contributed by atoms with van der Waals surface area (Å²) in [5, 5.41) is 22.3. The van der Waals surface area contributed by atoms with Crippen molar-refractivity contribution in [3.05, 3.63) is 0 Å². The lowest BCUT2D eigenvalue weighted by Gasteiger charge is -2.34. The number of nitrogens with one attached hydrogen (secondary N) is 1. The van der Waals surface area contributed by atoms with Crippen molar-refractivity contribution in [2.45, 2.75) is 12.5 Å². The molecule has 104 valence electrons. The topological polar surface area (TPSA) is 122 Å². The lowest BCUT2D eigenvalue weighted by atomic mass is 10.1. The van der Waals surface area contributed by atoms with Gasteiger partial charge in [-0.1, -0.05) is 5.10 Å². The number of urea groups is 1. The maximum atomic E-state index is 12.0. The second-order valence-electron chi connectivity index (χ2n) is 4.05. The molecule has 1 aromatic heterocycles. The van der Waals surface area contributed by atoms with E-state index in [1.165, 1.54) is 9.70 Å². The van der Waals surface area contributed by atoms with Crippen molar-refractivity contribution in [2.24, 2.45) is 7.05 Å². The molecule has 2 rings (SSSR count). The number of aliphatic carboxylic acids is 1. The molecule has 1 atom stereocenters. The Morgan fingerprint density at radius 3 is 3.00 bits per heavy atom. The molecule has 1 aliphatic rings. The van der Waals surface area contributed by atoms with Crippen molar-refractivity contribution in [1.29, 1.82) is 0 Å². The number of ether oxygens (including phenoxy) is 1. The summed E-state index contributed by atoms with van der Waals surface area (Å²) in [5.74, 6) is -0.904. The highest BCUT2D eigenvalue weighted by atomic mass is 16.5. The Hall–Kier alpha value is -2.23. The minimum atomic E-state index is -0.981. The third-order valence-electron chi connectivity index (χ3n) is 2.63. The number of aromatic nitrogens is 4. The van der Waals surface area contributed by atoms with Crippen LogP contribution in [0.1, 0.15) is 6.42 Å². The molecular formula is C9H14N6O4. The number of morpholine rings is 1. The van der Waals surface area contributed by atoms with Gasteiger partial charge in [-0.25, -0.2) is 4.79 Å². The van der Waals surface area contributed by atoms with Gasteiger partial charge < -0.3 is 14.7 Å². The van der Waals surface area contributed by atoms with Crippen LogP contribution in [-0.4, -0.2) is 68.0 Å². The molecule has 2 N–H and O–H groups in total. The van der Waals surface area contributed by atoms with Gasteiger partial charge in [0.25, 0.3) is 5.95 Å². The number of hydrogen-bond acceptors (Lipinski definition) is 6. The number of amides is 2. The van der Waals surface area contributed by atoms with Crippen LogP contribution in [0.2, 0.25) is 0 Å². The van der Waals surface area contributed by atoms with Crippen LogP contribution in [0.4, 0.5) is 10.7 Å². The van der Waals surface area contributed by atoms with E-state index in [4.69, 9.17) is 9.84 Å². The highest BCUT2D eigenvalue weighted by Gasteiger charge is 2.29. The van der Waals surface area contributed by atoms with Gasteiger partial charge in [0.15, 0.2) is 0 Å². The van der Waals surface area contributed by atoms with E-state index in [1.54, 1.807) is 7.05 Å². The van der Waals surface area contributed by atoms with Crippen molar-refractivity contribution < 1.29 is 19.4 Å². The number of carbonyl (C=O) groups is 2. The number of hydrogen-bond donors (Lipinski definition) is 2. The van der Waals surface area contributed by atoms with Gasteiger partial charge in [-0.3, -0.25) is 10.1 Å². The van der Waals surface area contributed by atoms with E-state index in [1.807, 2.05) is 0 Å². The first-order chi connectivity index (χ1) is 9.06. The number of rotatable bonds is 3. The van der Waals surface area contributed by atoms with Gasteiger partial charge in [0, 0.05) is 6.54 Å². The highest BCUT2D eigenvalue weighted by Crippen LogP contribution is 2.12. The molecule has 0 bridgehead atoms. The molecule has 10 heteroatoms. The molecule has 1 unspecified atom stereocenters. The largest absolute Gasteiger partial charge is 0.481 e. The number of anilines is 1. The maximum Gasteiger partial charge on any atom is 0.324 e. The van der Waals surface area contributed by atoms with Crippen LogP contribution >= 0.6 is 0 Å². The molecule has 1 aromatic rings. The molecule has 0 spiro atoms. The fourth-order valence-corrected chi connectivity index (χ4v) is 1.79. The molecule has 0 radical (unpaired) electrons. The SMILES string of the molecule is Cn1nnc(NC(=O)N2CCOCC2CC(=O)O)n1. The monoisotopic (exact) mass is 270 g/mol. The van der Waals surface area contributed by atoms with Crippen LogP contribution in [0.25, 0.3) is 0 Å². The number of carboxylic acids is 1. The molecular weight excluding hydrogens is 256 g/mol. The predicted octanol–water partition coefficient (Wildman–Crippen LogP) is -1.08. The number of aryl methyl sites for hydroxylation is 1. The molecule has 2 heterocycles. The van der Waals surface area contributed by atoms with Gasteiger partial charge in [0.05, 0.1) is 32.7 Å². The van der Waals surface area contributed by atoms with Crippen molar-refractivity contribution in [2.75, 3.05) is 25.1 Å². The minimum absolute atomic E-state index is 0.0769. The first kappa shape index (κ1) is 13.2. The molecule has 10 nitrogen and oxygen atoms in total. The summed E-state index contributed by atoms with van der Waals surface area (Å²) in [6, 6.07) is -0.953. The summed E-state index contributed by atoms with van der Waals surface area (Å²) in [6.07, 6.45) is -0.165. The van der Waals surface area contributed by atoms with Gasteiger partial charge in [0.1, 0.15) is 0 Å². The van der Waals surface area contributed by atoms with Crippen LogP contribution in [0.15, 0.2) is 0 Å². The molecule has 1 fully saturated rings. The lowest BCUT2D eigenvalue weighted by Crippen LogP contribution is -2.51. The summed E-state index contributed by atoms with van der Waals surface area (Å²) >= 11 is 0. The number of carbonyl (C=O) groups excluding carboxylic acids is 1. The standard InChI is InChI=1S/C9H14N6O4/c1-14-12-8(11-13-14)10-9(18)15-2-3-19-5-6(15)4-7(16)17/h6H,2-5H2,1H3,(H,16,17)(H,10,12,18). The predicted molar refractivity (Wildman–Crippen MR) is 61.4 cm³/mol. The van der Waals surface area contributed by atoms with Gasteiger partial charge >= 0.3 is 12.0 Å². The van der Waals surface area contributed by atoms with Gasteiger partial charge in [-0.05, 0) is 5.21 Å². The van der Waals surface area contributed by atoms with E-state index >= 15 is 0 Å². The van der Waals surface area contributed by atoms with E-state index in [2.05, 4.69) is 20.7 Å². The zero-order valence-electron chi connectivity index (χ0n) is 10.3. The number of tetrazole rings is 1.